The Bertz CT molecular complexity index is 318. The molecule has 0 aromatic carbocycles. The first kappa shape index (κ1) is 30.5. The minimum Gasteiger partial charge on any atom is -0.422 e. The second-order valence-corrected chi connectivity index (χ2v) is 10.6. The Labute approximate surface area is 200 Å². The van der Waals surface area contributed by atoms with Gasteiger partial charge in [-0.2, -0.15) is 12.6 Å². The molecule has 0 aromatic rings. The summed E-state index contributed by atoms with van der Waals surface area (Å²) in [4.78, 5) is 0. The topological polar surface area (TPSA) is 9.23 Å². The molecule has 0 unspecified atom stereocenters. The first-order valence-electron chi connectivity index (χ1n) is 13.9. The van der Waals surface area contributed by atoms with Crippen LogP contribution in [-0.4, -0.2) is 21.8 Å². The lowest BCUT2D eigenvalue weighted by molar-refractivity contribution is 0.0464. The quantitative estimate of drug-likeness (QED) is 0.0815. The summed E-state index contributed by atoms with van der Waals surface area (Å²) >= 11 is 4.28. The van der Waals surface area contributed by atoms with Gasteiger partial charge in [-0.25, -0.2) is 0 Å². The van der Waals surface area contributed by atoms with E-state index in [2.05, 4.69) is 26.5 Å². The summed E-state index contributed by atoms with van der Waals surface area (Å²) in [5, 5.41) is 0. The van der Waals surface area contributed by atoms with Gasteiger partial charge in [-0.1, -0.05) is 136 Å². The molecule has 30 heavy (non-hydrogen) atoms. The van der Waals surface area contributed by atoms with Gasteiger partial charge in [0.1, 0.15) is 10.5 Å². The van der Waals surface area contributed by atoms with E-state index in [9.17, 15) is 0 Å². The molecular weight excluding hydrogens is 400 g/mol. The van der Waals surface area contributed by atoms with Crippen molar-refractivity contribution in [2.24, 2.45) is 0 Å². The van der Waals surface area contributed by atoms with E-state index in [-0.39, 0.29) is 5.60 Å². The Kier molecular flexibility index (Phi) is 24.6. The molecule has 0 saturated heterocycles. The molecular formula is C27H58OSSi. The normalized spacial score (nSPS) is 12.1. The molecule has 0 N–H and O–H groups in total. The monoisotopic (exact) mass is 458 g/mol. The van der Waals surface area contributed by atoms with Crippen molar-refractivity contribution in [3.63, 3.8) is 0 Å². The molecule has 0 fully saturated rings. The van der Waals surface area contributed by atoms with Gasteiger partial charge in [0.25, 0.3) is 0 Å². The predicted octanol–water partition coefficient (Wildman–Crippen LogP) is 8.96. The van der Waals surface area contributed by atoms with Gasteiger partial charge in [0.15, 0.2) is 0 Å². The summed E-state index contributed by atoms with van der Waals surface area (Å²) in [7, 11) is 0.893. The number of rotatable bonds is 25. The smallest absolute Gasteiger partial charge is 0.146 e. The molecule has 0 rings (SSSR count). The summed E-state index contributed by atoms with van der Waals surface area (Å²) in [5.41, 5.74) is 0.238. The van der Waals surface area contributed by atoms with E-state index in [4.69, 9.17) is 4.43 Å². The molecule has 0 spiro atoms. The van der Waals surface area contributed by atoms with Crippen molar-refractivity contribution < 1.29 is 4.43 Å². The molecule has 3 heteroatoms. The van der Waals surface area contributed by atoms with Crippen molar-refractivity contribution in [1.29, 1.82) is 0 Å². The summed E-state index contributed by atoms with van der Waals surface area (Å²) in [6.07, 6.45) is 32.2. The Morgan fingerprint density at radius 3 is 1.07 bits per heavy atom. The van der Waals surface area contributed by atoms with E-state index in [1.54, 1.807) is 0 Å². The van der Waals surface area contributed by atoms with Crippen LogP contribution >= 0.6 is 12.6 Å². The molecule has 1 nitrogen and oxygen atoms in total. The molecule has 0 bridgehead atoms. The summed E-state index contributed by atoms with van der Waals surface area (Å²) < 4.78 is 6.09. The minimum absolute atomic E-state index is 0.238. The van der Waals surface area contributed by atoms with Crippen molar-refractivity contribution >= 4 is 23.1 Å². The lowest BCUT2D eigenvalue weighted by Crippen LogP contribution is -2.31. The number of unbranched alkanes of at least 4 members (excludes halogenated alkanes) is 17. The Morgan fingerprint density at radius 1 is 0.500 bits per heavy atom. The van der Waals surface area contributed by atoms with Gasteiger partial charge < -0.3 is 4.43 Å². The second-order valence-electron chi connectivity index (χ2n) is 9.72. The van der Waals surface area contributed by atoms with Crippen LogP contribution in [0.1, 0.15) is 162 Å². The maximum absolute atomic E-state index is 6.09. The minimum atomic E-state index is 0.238. The van der Waals surface area contributed by atoms with Crippen molar-refractivity contribution in [1.82, 2.24) is 0 Å². The highest BCUT2D eigenvalue weighted by Crippen LogP contribution is 2.29. The molecule has 0 amide bonds. The SMILES string of the molecule is CCCC(CCC)(CCCCCCCCCCCCCCCCCCCCS)O[SiH3]. The molecule has 0 aromatic heterocycles. The van der Waals surface area contributed by atoms with Crippen LogP contribution in [0.5, 0.6) is 0 Å². The zero-order valence-electron chi connectivity index (χ0n) is 21.3. The Morgan fingerprint density at radius 2 is 0.800 bits per heavy atom. The van der Waals surface area contributed by atoms with Crippen LogP contribution in [0.2, 0.25) is 0 Å². The lowest BCUT2D eigenvalue weighted by atomic mass is 9.87. The summed E-state index contributed by atoms with van der Waals surface area (Å²) in [6, 6.07) is 0. The van der Waals surface area contributed by atoms with Gasteiger partial charge in [-0.05, 0) is 31.4 Å². The molecule has 0 aliphatic heterocycles. The molecule has 0 heterocycles. The van der Waals surface area contributed by atoms with Crippen LogP contribution in [0.3, 0.4) is 0 Å². The Hall–Kier alpha value is 0.527. The lowest BCUT2D eigenvalue weighted by Gasteiger charge is -2.33. The van der Waals surface area contributed by atoms with Crippen molar-refractivity contribution in [3.05, 3.63) is 0 Å². The third-order valence-electron chi connectivity index (χ3n) is 6.88. The average molecular weight is 459 g/mol. The predicted molar refractivity (Wildman–Crippen MR) is 145 cm³/mol. The molecule has 0 saturated carbocycles. The third kappa shape index (κ3) is 19.2. The average Bonchev–Trinajstić information content (AvgIpc) is 2.75. The van der Waals surface area contributed by atoms with E-state index < -0.39 is 0 Å². The van der Waals surface area contributed by atoms with Crippen LogP contribution in [0.25, 0.3) is 0 Å². The van der Waals surface area contributed by atoms with Crippen LogP contribution in [0.4, 0.5) is 0 Å². The standard InChI is InChI=1S/C27H58OSSi/c1-3-23-27(28-30,24-4-2)25-21-19-17-15-13-11-9-7-5-6-8-10-12-14-16-18-20-22-26-29/h29H,3-26H2,1-2,30H3. The van der Waals surface area contributed by atoms with Gasteiger partial charge in [0, 0.05) is 0 Å². The highest BCUT2D eigenvalue weighted by molar-refractivity contribution is 7.80. The van der Waals surface area contributed by atoms with Crippen molar-refractivity contribution in [3.8, 4) is 0 Å². The van der Waals surface area contributed by atoms with E-state index in [0.717, 1.165) is 16.2 Å². The molecule has 0 aliphatic carbocycles. The highest BCUT2D eigenvalue weighted by Gasteiger charge is 2.26. The van der Waals surface area contributed by atoms with E-state index in [1.807, 2.05) is 0 Å². The van der Waals surface area contributed by atoms with Gasteiger partial charge in [0.2, 0.25) is 0 Å². The van der Waals surface area contributed by atoms with Crippen LogP contribution in [0, 0.1) is 0 Å². The fraction of sp³-hybridized carbons (Fsp3) is 1.00. The number of hydrogen-bond acceptors (Lipinski definition) is 2. The van der Waals surface area contributed by atoms with Crippen LogP contribution in [-0.2, 0) is 4.43 Å². The zero-order valence-corrected chi connectivity index (χ0v) is 24.2. The van der Waals surface area contributed by atoms with Crippen molar-refractivity contribution in [2.75, 3.05) is 5.75 Å². The first-order valence-corrected chi connectivity index (χ1v) is 15.4. The summed E-state index contributed by atoms with van der Waals surface area (Å²) in [5.74, 6) is 1.06. The Balaban J connectivity index is 3.31. The van der Waals surface area contributed by atoms with Crippen LogP contribution < -0.4 is 0 Å². The van der Waals surface area contributed by atoms with Crippen molar-refractivity contribution in [2.45, 2.75) is 167 Å². The zero-order chi connectivity index (χ0) is 22.2. The number of thiol groups is 1. The molecule has 0 atom stereocenters. The largest absolute Gasteiger partial charge is 0.422 e. The van der Waals surface area contributed by atoms with E-state index >= 15 is 0 Å². The maximum atomic E-state index is 6.09. The third-order valence-corrected chi connectivity index (χ3v) is 8.07. The van der Waals surface area contributed by atoms with Gasteiger partial charge >= 0.3 is 0 Å². The number of hydrogen-bond donors (Lipinski definition) is 1. The molecule has 0 radical (unpaired) electrons. The van der Waals surface area contributed by atoms with Gasteiger partial charge in [0.05, 0.1) is 5.60 Å². The van der Waals surface area contributed by atoms with E-state index in [1.165, 1.54) is 148 Å². The summed E-state index contributed by atoms with van der Waals surface area (Å²) in [6.45, 7) is 4.61. The van der Waals surface area contributed by atoms with Crippen LogP contribution in [0.15, 0.2) is 0 Å². The van der Waals surface area contributed by atoms with Gasteiger partial charge in [-0.3, -0.25) is 0 Å². The fourth-order valence-corrected chi connectivity index (χ4v) is 5.82. The first-order chi connectivity index (χ1) is 14.7. The molecule has 0 aliphatic rings. The molecule has 182 valence electrons. The fourth-order valence-electron chi connectivity index (χ4n) is 4.98. The van der Waals surface area contributed by atoms with Gasteiger partial charge in [-0.15, -0.1) is 0 Å². The highest BCUT2D eigenvalue weighted by atomic mass is 32.1. The van der Waals surface area contributed by atoms with E-state index in [0.29, 0.717) is 0 Å². The maximum Gasteiger partial charge on any atom is 0.146 e. The second kappa shape index (κ2) is 24.2.